The van der Waals surface area contributed by atoms with Crippen molar-refractivity contribution in [3.05, 3.63) is 81.9 Å². The molecule has 0 aliphatic heterocycles. The van der Waals surface area contributed by atoms with Crippen LogP contribution in [0.2, 0.25) is 0 Å². The molecule has 0 heterocycles. The minimum atomic E-state index is -0.230. The molecule has 2 heteroatoms. The zero-order chi connectivity index (χ0) is 13.7. The van der Waals surface area contributed by atoms with Crippen LogP contribution in [0.5, 0.6) is 0 Å². The van der Waals surface area contributed by atoms with Crippen molar-refractivity contribution in [1.82, 2.24) is 0 Å². The second kappa shape index (κ2) is 4.14. The van der Waals surface area contributed by atoms with Gasteiger partial charge in [-0.05, 0) is 52.4 Å². The van der Waals surface area contributed by atoms with Gasteiger partial charge in [0.25, 0.3) is 0 Å². The minimum absolute atomic E-state index is 0.0119. The van der Waals surface area contributed by atoms with E-state index in [1.54, 1.807) is 12.1 Å². The second-order valence-corrected chi connectivity index (χ2v) is 5.25. The Bertz CT molecular complexity index is 769. The average Bonchev–Trinajstić information content (AvgIpc) is 3.06. The van der Waals surface area contributed by atoms with Crippen molar-refractivity contribution in [2.75, 3.05) is 0 Å². The van der Waals surface area contributed by atoms with Gasteiger partial charge in [-0.1, -0.05) is 36.4 Å². The van der Waals surface area contributed by atoms with Crippen molar-refractivity contribution in [1.29, 1.82) is 0 Å². The van der Waals surface area contributed by atoms with Gasteiger partial charge < -0.3 is 0 Å². The topological polar surface area (TPSA) is 0 Å². The van der Waals surface area contributed by atoms with Crippen LogP contribution < -0.4 is 0 Å². The van der Waals surface area contributed by atoms with Crippen molar-refractivity contribution in [3.63, 3.8) is 0 Å². The molecule has 2 aliphatic carbocycles. The highest BCUT2D eigenvalue weighted by Gasteiger charge is 2.24. The van der Waals surface area contributed by atoms with Gasteiger partial charge in [-0.2, -0.15) is 0 Å². The van der Waals surface area contributed by atoms with Crippen LogP contribution in [0.3, 0.4) is 0 Å². The molecule has 4 rings (SSSR count). The van der Waals surface area contributed by atoms with Gasteiger partial charge in [0.05, 0.1) is 0 Å². The fraction of sp³-hybridized carbons (Fsp3) is 0.111. The first-order valence-electron chi connectivity index (χ1n) is 6.69. The molecule has 0 saturated carbocycles. The van der Waals surface area contributed by atoms with E-state index in [1.165, 1.54) is 12.1 Å². The molecule has 0 N–H and O–H groups in total. The Morgan fingerprint density at radius 1 is 0.950 bits per heavy atom. The summed E-state index contributed by atoms with van der Waals surface area (Å²) in [5, 5.41) is 0. The van der Waals surface area contributed by atoms with Crippen LogP contribution in [-0.4, -0.2) is 0 Å². The highest BCUT2D eigenvalue weighted by molar-refractivity contribution is 5.71. The van der Waals surface area contributed by atoms with Gasteiger partial charge in [-0.3, -0.25) is 0 Å². The van der Waals surface area contributed by atoms with E-state index in [-0.39, 0.29) is 17.6 Å². The Labute approximate surface area is 116 Å². The van der Waals surface area contributed by atoms with Gasteiger partial charge in [-0.15, -0.1) is 0 Å². The van der Waals surface area contributed by atoms with Gasteiger partial charge in [0, 0.05) is 5.92 Å². The van der Waals surface area contributed by atoms with E-state index in [0.717, 1.165) is 27.8 Å². The number of benzene rings is 2. The van der Waals surface area contributed by atoms with Crippen LogP contribution in [0.4, 0.5) is 8.78 Å². The Balaban J connectivity index is 1.90. The molecule has 2 aliphatic rings. The standard InChI is InChI=1S/C18H12F2/c19-12-6-4-11-5-7-15(17(11)10-12)14-8-9-18(20)16-3-1-2-13(14)16/h1-2,4-10,15H,3H2. The zero-order valence-corrected chi connectivity index (χ0v) is 10.7. The maximum absolute atomic E-state index is 13.8. The van der Waals surface area contributed by atoms with Gasteiger partial charge in [0.1, 0.15) is 11.6 Å². The smallest absolute Gasteiger partial charge is 0.127 e. The van der Waals surface area contributed by atoms with Crippen LogP contribution >= 0.6 is 0 Å². The molecule has 0 bridgehead atoms. The van der Waals surface area contributed by atoms with Crippen molar-refractivity contribution < 1.29 is 8.78 Å². The van der Waals surface area contributed by atoms with Crippen molar-refractivity contribution in [3.8, 4) is 0 Å². The van der Waals surface area contributed by atoms with Crippen molar-refractivity contribution in [2.45, 2.75) is 12.3 Å². The molecule has 20 heavy (non-hydrogen) atoms. The summed E-state index contributed by atoms with van der Waals surface area (Å²) in [5.74, 6) is -0.375. The van der Waals surface area contributed by atoms with E-state index in [0.29, 0.717) is 6.42 Å². The van der Waals surface area contributed by atoms with E-state index in [9.17, 15) is 8.78 Å². The molecule has 2 aromatic carbocycles. The van der Waals surface area contributed by atoms with E-state index < -0.39 is 0 Å². The normalized spacial score (nSPS) is 18.4. The quantitative estimate of drug-likeness (QED) is 0.702. The summed E-state index contributed by atoms with van der Waals surface area (Å²) < 4.78 is 27.3. The fourth-order valence-corrected chi connectivity index (χ4v) is 3.17. The van der Waals surface area contributed by atoms with Crippen LogP contribution in [-0.2, 0) is 6.42 Å². The maximum Gasteiger partial charge on any atom is 0.127 e. The second-order valence-electron chi connectivity index (χ2n) is 5.25. The lowest BCUT2D eigenvalue weighted by molar-refractivity contribution is 0.614. The number of hydrogen-bond donors (Lipinski definition) is 0. The third kappa shape index (κ3) is 1.58. The third-order valence-electron chi connectivity index (χ3n) is 4.13. The highest BCUT2D eigenvalue weighted by atomic mass is 19.1. The van der Waals surface area contributed by atoms with Gasteiger partial charge >= 0.3 is 0 Å². The summed E-state index contributed by atoms with van der Waals surface area (Å²) in [7, 11) is 0. The van der Waals surface area contributed by atoms with Crippen molar-refractivity contribution >= 4 is 12.2 Å². The highest BCUT2D eigenvalue weighted by Crippen LogP contribution is 2.40. The SMILES string of the molecule is Fc1ccc2c(c1)C(c1ccc(F)c3c1C=CC3)C=C2. The summed E-state index contributed by atoms with van der Waals surface area (Å²) in [6, 6.07) is 8.18. The Kier molecular flexibility index (Phi) is 2.40. The lowest BCUT2D eigenvalue weighted by Gasteiger charge is -2.16. The molecule has 0 spiro atoms. The van der Waals surface area contributed by atoms with Gasteiger partial charge in [0.2, 0.25) is 0 Å². The molecule has 0 amide bonds. The number of halogens is 2. The van der Waals surface area contributed by atoms with E-state index in [1.807, 2.05) is 24.3 Å². The van der Waals surface area contributed by atoms with E-state index >= 15 is 0 Å². The number of allylic oxidation sites excluding steroid dienone is 2. The average molecular weight is 266 g/mol. The molecule has 2 aromatic rings. The first-order chi connectivity index (χ1) is 9.74. The van der Waals surface area contributed by atoms with Gasteiger partial charge in [-0.25, -0.2) is 8.78 Å². The summed E-state index contributed by atoms with van der Waals surface area (Å²) in [6.07, 6.45) is 8.65. The van der Waals surface area contributed by atoms with Crippen LogP contribution in [0.25, 0.3) is 12.2 Å². The number of hydrogen-bond acceptors (Lipinski definition) is 0. The molecule has 98 valence electrons. The molecule has 0 fully saturated rings. The van der Waals surface area contributed by atoms with E-state index in [4.69, 9.17) is 0 Å². The summed E-state index contributed by atoms with van der Waals surface area (Å²) in [4.78, 5) is 0. The number of fused-ring (bicyclic) bond motifs is 2. The van der Waals surface area contributed by atoms with Crippen LogP contribution in [0.1, 0.15) is 33.7 Å². The van der Waals surface area contributed by atoms with Crippen molar-refractivity contribution in [2.24, 2.45) is 0 Å². The molecule has 0 aromatic heterocycles. The fourth-order valence-electron chi connectivity index (χ4n) is 3.17. The molecular weight excluding hydrogens is 254 g/mol. The molecule has 1 unspecified atom stereocenters. The Hall–Kier alpha value is -2.22. The molecule has 0 radical (unpaired) electrons. The summed E-state index contributed by atoms with van der Waals surface area (Å²) in [5.41, 5.74) is 4.75. The third-order valence-corrected chi connectivity index (χ3v) is 4.13. The van der Waals surface area contributed by atoms with Crippen LogP contribution in [0, 0.1) is 11.6 Å². The molecule has 0 saturated heterocycles. The Morgan fingerprint density at radius 3 is 2.75 bits per heavy atom. The van der Waals surface area contributed by atoms with Crippen LogP contribution in [0.15, 0.2) is 42.5 Å². The van der Waals surface area contributed by atoms with E-state index in [2.05, 4.69) is 6.08 Å². The van der Waals surface area contributed by atoms with Gasteiger partial charge in [0.15, 0.2) is 0 Å². The zero-order valence-electron chi connectivity index (χ0n) is 10.7. The maximum atomic E-state index is 13.8. The molecular formula is C18H12F2. The first-order valence-corrected chi connectivity index (χ1v) is 6.69. The first kappa shape index (κ1) is 11.6. The summed E-state index contributed by atoms with van der Waals surface area (Å²) >= 11 is 0. The largest absolute Gasteiger partial charge is 0.207 e. The minimum Gasteiger partial charge on any atom is -0.207 e. The predicted molar refractivity (Wildman–Crippen MR) is 76.4 cm³/mol. The molecule has 0 nitrogen and oxygen atoms in total. The monoisotopic (exact) mass is 266 g/mol. The Morgan fingerprint density at radius 2 is 1.85 bits per heavy atom. The molecule has 1 atom stereocenters. The predicted octanol–water partition coefficient (Wildman–Crippen LogP) is 4.69. The summed E-state index contributed by atoms with van der Waals surface area (Å²) in [6.45, 7) is 0. The lowest BCUT2D eigenvalue weighted by atomic mass is 9.88. The number of rotatable bonds is 1. The lowest BCUT2D eigenvalue weighted by Crippen LogP contribution is -2.02.